The molecule has 0 unspecified atom stereocenters. The first-order valence-electron chi connectivity index (χ1n) is 7.75. The van der Waals surface area contributed by atoms with Crippen molar-refractivity contribution in [3.63, 3.8) is 0 Å². The smallest absolute Gasteiger partial charge is 0.0724 e. The Balaban J connectivity index is 1.59. The molecule has 1 heterocycles. The number of methoxy groups -OCH3 is 1. The molecule has 0 saturated carbocycles. The molecule has 1 aromatic carbocycles. The molecule has 0 amide bonds. The zero-order valence-electron chi connectivity index (χ0n) is 12.6. The maximum absolute atomic E-state index is 5.76. The minimum atomic E-state index is 0.359. The van der Waals surface area contributed by atoms with Gasteiger partial charge in [-0.25, -0.2) is 0 Å². The Morgan fingerprint density at radius 1 is 1.25 bits per heavy atom. The van der Waals surface area contributed by atoms with E-state index in [-0.39, 0.29) is 0 Å². The molecule has 1 aliphatic rings. The van der Waals surface area contributed by atoms with E-state index in [0.717, 1.165) is 32.7 Å². The zero-order chi connectivity index (χ0) is 14.0. The van der Waals surface area contributed by atoms with E-state index < -0.39 is 0 Å². The van der Waals surface area contributed by atoms with Gasteiger partial charge < -0.3 is 9.47 Å². The van der Waals surface area contributed by atoms with Crippen LogP contribution in [0.2, 0.25) is 0 Å². The summed E-state index contributed by atoms with van der Waals surface area (Å²) in [5.74, 6) is 0. The molecule has 1 aromatic rings. The van der Waals surface area contributed by atoms with Crippen LogP contribution in [0.5, 0.6) is 0 Å². The first-order valence-corrected chi connectivity index (χ1v) is 7.75. The predicted octanol–water partition coefficient (Wildman–Crippen LogP) is 2.75. The Morgan fingerprint density at radius 3 is 2.90 bits per heavy atom. The number of benzene rings is 1. The van der Waals surface area contributed by atoms with E-state index in [0.29, 0.717) is 6.10 Å². The molecule has 0 N–H and O–H groups in total. The van der Waals surface area contributed by atoms with Gasteiger partial charge in [0.1, 0.15) is 0 Å². The molecule has 3 nitrogen and oxygen atoms in total. The summed E-state index contributed by atoms with van der Waals surface area (Å²) < 4.78 is 10.9. The molecular weight excluding hydrogens is 250 g/mol. The van der Waals surface area contributed by atoms with Gasteiger partial charge in [0, 0.05) is 26.8 Å². The molecule has 1 fully saturated rings. The van der Waals surface area contributed by atoms with Crippen molar-refractivity contribution >= 4 is 0 Å². The van der Waals surface area contributed by atoms with Gasteiger partial charge in [-0.2, -0.15) is 0 Å². The summed E-state index contributed by atoms with van der Waals surface area (Å²) in [6.45, 7) is 5.00. The number of aryl methyl sites for hydroxylation is 1. The topological polar surface area (TPSA) is 21.7 Å². The van der Waals surface area contributed by atoms with Gasteiger partial charge in [-0.1, -0.05) is 30.3 Å². The lowest BCUT2D eigenvalue weighted by molar-refractivity contribution is -0.0409. The van der Waals surface area contributed by atoms with Gasteiger partial charge in [-0.15, -0.1) is 0 Å². The average Bonchev–Trinajstić information content (AvgIpc) is 2.51. The molecule has 1 aliphatic heterocycles. The molecule has 0 spiro atoms. The highest BCUT2D eigenvalue weighted by molar-refractivity contribution is 5.14. The first-order chi connectivity index (χ1) is 9.88. The van der Waals surface area contributed by atoms with Crippen LogP contribution in [0.3, 0.4) is 0 Å². The Labute approximate surface area is 122 Å². The normalized spacial score (nSPS) is 20.1. The fraction of sp³-hybridized carbons (Fsp3) is 0.647. The first kappa shape index (κ1) is 15.5. The van der Waals surface area contributed by atoms with Crippen LogP contribution in [0.4, 0.5) is 0 Å². The molecule has 1 atom stereocenters. The van der Waals surface area contributed by atoms with Crippen LogP contribution in [0, 0.1) is 0 Å². The van der Waals surface area contributed by atoms with Gasteiger partial charge in [0.15, 0.2) is 0 Å². The second-order valence-electron chi connectivity index (χ2n) is 5.52. The lowest BCUT2D eigenvalue weighted by atomic mass is 10.1. The monoisotopic (exact) mass is 277 g/mol. The summed E-state index contributed by atoms with van der Waals surface area (Å²) in [7, 11) is 1.75. The van der Waals surface area contributed by atoms with E-state index >= 15 is 0 Å². The second-order valence-corrected chi connectivity index (χ2v) is 5.52. The Bertz CT molecular complexity index is 355. The average molecular weight is 277 g/mol. The van der Waals surface area contributed by atoms with E-state index in [1.807, 2.05) is 0 Å². The number of morpholine rings is 1. The highest BCUT2D eigenvalue weighted by Crippen LogP contribution is 2.11. The molecule has 0 aromatic heterocycles. The number of nitrogens with zero attached hydrogens (tertiary/aromatic N) is 1. The van der Waals surface area contributed by atoms with Crippen molar-refractivity contribution in [2.45, 2.75) is 31.8 Å². The predicted molar refractivity (Wildman–Crippen MR) is 82.1 cm³/mol. The third-order valence-electron chi connectivity index (χ3n) is 3.90. The highest BCUT2D eigenvalue weighted by Gasteiger charge is 2.19. The Morgan fingerprint density at radius 2 is 2.10 bits per heavy atom. The largest absolute Gasteiger partial charge is 0.385 e. The molecule has 0 radical (unpaired) electrons. The van der Waals surface area contributed by atoms with Gasteiger partial charge in [0.2, 0.25) is 0 Å². The molecular formula is C17H27NO2. The summed E-state index contributed by atoms with van der Waals surface area (Å²) in [6, 6.07) is 10.8. The van der Waals surface area contributed by atoms with Crippen molar-refractivity contribution in [3.05, 3.63) is 35.9 Å². The summed E-state index contributed by atoms with van der Waals surface area (Å²) in [6.07, 6.45) is 5.10. The minimum Gasteiger partial charge on any atom is -0.385 e. The minimum absolute atomic E-state index is 0.359. The number of hydrogen-bond acceptors (Lipinski definition) is 3. The van der Waals surface area contributed by atoms with Crippen molar-refractivity contribution in [1.82, 2.24) is 4.90 Å². The molecule has 112 valence electrons. The fourth-order valence-electron chi connectivity index (χ4n) is 2.72. The van der Waals surface area contributed by atoms with Gasteiger partial charge in [-0.3, -0.25) is 4.90 Å². The van der Waals surface area contributed by atoms with E-state index in [1.54, 1.807) is 7.11 Å². The SMILES string of the molecule is COCC[C@@H]1CN(CCCCc2ccccc2)CCO1. The summed E-state index contributed by atoms with van der Waals surface area (Å²) >= 11 is 0. The van der Waals surface area contributed by atoms with E-state index in [1.165, 1.54) is 31.4 Å². The van der Waals surface area contributed by atoms with Gasteiger partial charge in [0.05, 0.1) is 12.7 Å². The van der Waals surface area contributed by atoms with Crippen molar-refractivity contribution in [2.75, 3.05) is 40.0 Å². The van der Waals surface area contributed by atoms with Crippen molar-refractivity contribution in [2.24, 2.45) is 0 Å². The standard InChI is InChI=1S/C17H27NO2/c1-19-13-10-17-15-18(12-14-20-17)11-6-5-9-16-7-3-2-4-8-16/h2-4,7-8,17H,5-6,9-15H2,1H3/t17-/m1/s1. The summed E-state index contributed by atoms with van der Waals surface area (Å²) in [5, 5.41) is 0. The van der Waals surface area contributed by atoms with Crippen LogP contribution < -0.4 is 0 Å². The third-order valence-corrected chi connectivity index (χ3v) is 3.90. The number of rotatable bonds is 8. The number of hydrogen-bond donors (Lipinski definition) is 0. The number of ether oxygens (including phenoxy) is 2. The van der Waals surface area contributed by atoms with Crippen LogP contribution in [0.1, 0.15) is 24.8 Å². The molecule has 0 bridgehead atoms. The maximum Gasteiger partial charge on any atom is 0.0724 e. The molecule has 0 aliphatic carbocycles. The van der Waals surface area contributed by atoms with Gasteiger partial charge in [0.25, 0.3) is 0 Å². The Kier molecular flexibility index (Phi) is 7.06. The summed E-state index contributed by atoms with van der Waals surface area (Å²) in [4.78, 5) is 2.54. The van der Waals surface area contributed by atoms with Crippen LogP contribution in [0.25, 0.3) is 0 Å². The number of unbranched alkanes of at least 4 members (excludes halogenated alkanes) is 1. The molecule has 2 rings (SSSR count). The van der Waals surface area contributed by atoms with Crippen molar-refractivity contribution < 1.29 is 9.47 Å². The lowest BCUT2D eigenvalue weighted by Crippen LogP contribution is -2.43. The maximum atomic E-state index is 5.76. The van der Waals surface area contributed by atoms with E-state index in [9.17, 15) is 0 Å². The van der Waals surface area contributed by atoms with Crippen molar-refractivity contribution in [3.8, 4) is 0 Å². The van der Waals surface area contributed by atoms with Gasteiger partial charge >= 0.3 is 0 Å². The molecule has 1 saturated heterocycles. The lowest BCUT2D eigenvalue weighted by Gasteiger charge is -2.32. The molecule has 20 heavy (non-hydrogen) atoms. The molecule has 3 heteroatoms. The fourth-order valence-corrected chi connectivity index (χ4v) is 2.72. The van der Waals surface area contributed by atoms with E-state index in [2.05, 4.69) is 35.2 Å². The summed E-state index contributed by atoms with van der Waals surface area (Å²) in [5.41, 5.74) is 1.45. The van der Waals surface area contributed by atoms with Crippen LogP contribution in [-0.4, -0.2) is 51.0 Å². The Hall–Kier alpha value is -0.900. The third kappa shape index (κ3) is 5.61. The van der Waals surface area contributed by atoms with Crippen LogP contribution >= 0.6 is 0 Å². The van der Waals surface area contributed by atoms with Crippen molar-refractivity contribution in [1.29, 1.82) is 0 Å². The highest BCUT2D eigenvalue weighted by atomic mass is 16.5. The van der Waals surface area contributed by atoms with Crippen LogP contribution in [-0.2, 0) is 15.9 Å². The quantitative estimate of drug-likeness (QED) is 0.682. The van der Waals surface area contributed by atoms with Crippen LogP contribution in [0.15, 0.2) is 30.3 Å². The van der Waals surface area contributed by atoms with Gasteiger partial charge in [-0.05, 0) is 37.8 Å². The zero-order valence-corrected chi connectivity index (χ0v) is 12.6. The second kappa shape index (κ2) is 9.11. The van der Waals surface area contributed by atoms with E-state index in [4.69, 9.17) is 9.47 Å².